The fourth-order valence-corrected chi connectivity index (χ4v) is 2.88. The molecule has 2 heterocycles. The molecule has 6 heteroatoms. The van der Waals surface area contributed by atoms with Gasteiger partial charge in [-0.15, -0.1) is 5.10 Å². The SMILES string of the molecule is CC1COc2ccccc2N1C(=O)c1cccc(-n2ccnn2)c1. The number of benzene rings is 2. The van der Waals surface area contributed by atoms with Gasteiger partial charge in [0.1, 0.15) is 12.4 Å². The number of nitrogens with zero attached hydrogens (tertiary/aromatic N) is 4. The van der Waals surface area contributed by atoms with Gasteiger partial charge < -0.3 is 4.74 Å². The molecular weight excluding hydrogens is 304 g/mol. The Morgan fingerprint density at radius 2 is 2.08 bits per heavy atom. The molecule has 1 aromatic heterocycles. The van der Waals surface area contributed by atoms with Crippen LogP contribution in [0, 0.1) is 0 Å². The summed E-state index contributed by atoms with van der Waals surface area (Å²) in [5.41, 5.74) is 2.20. The van der Waals surface area contributed by atoms with E-state index in [1.807, 2.05) is 55.5 Å². The van der Waals surface area contributed by atoms with Crippen molar-refractivity contribution in [3.63, 3.8) is 0 Å². The van der Waals surface area contributed by atoms with E-state index in [1.54, 1.807) is 22.0 Å². The van der Waals surface area contributed by atoms with Crippen LogP contribution >= 0.6 is 0 Å². The Hall–Kier alpha value is -3.15. The average Bonchev–Trinajstić information content (AvgIpc) is 3.16. The summed E-state index contributed by atoms with van der Waals surface area (Å²) in [5.74, 6) is 0.677. The lowest BCUT2D eigenvalue weighted by molar-refractivity contribution is 0.0961. The summed E-state index contributed by atoms with van der Waals surface area (Å²) in [6, 6.07) is 14.9. The fourth-order valence-electron chi connectivity index (χ4n) is 2.88. The number of fused-ring (bicyclic) bond motifs is 1. The molecule has 120 valence electrons. The summed E-state index contributed by atoms with van der Waals surface area (Å²) in [6.45, 7) is 2.46. The molecular formula is C18H16N4O2. The zero-order valence-corrected chi connectivity index (χ0v) is 13.2. The van der Waals surface area contributed by atoms with Crippen LogP contribution in [0.25, 0.3) is 5.69 Å². The normalized spacial score (nSPS) is 16.4. The van der Waals surface area contributed by atoms with E-state index < -0.39 is 0 Å². The van der Waals surface area contributed by atoms with Crippen molar-refractivity contribution in [3.8, 4) is 11.4 Å². The second-order valence-electron chi connectivity index (χ2n) is 5.70. The average molecular weight is 320 g/mol. The van der Waals surface area contributed by atoms with Crippen molar-refractivity contribution in [2.75, 3.05) is 11.5 Å². The molecule has 1 unspecified atom stereocenters. The molecule has 24 heavy (non-hydrogen) atoms. The first-order chi connectivity index (χ1) is 11.7. The highest BCUT2D eigenvalue weighted by atomic mass is 16.5. The summed E-state index contributed by atoms with van der Waals surface area (Å²) in [5, 5.41) is 7.78. The van der Waals surface area contributed by atoms with Crippen molar-refractivity contribution < 1.29 is 9.53 Å². The Balaban J connectivity index is 1.73. The smallest absolute Gasteiger partial charge is 0.258 e. The zero-order chi connectivity index (χ0) is 16.5. The number of aromatic nitrogens is 3. The Labute approximate surface area is 139 Å². The Morgan fingerprint density at radius 3 is 2.92 bits per heavy atom. The minimum absolute atomic E-state index is 0.0394. The van der Waals surface area contributed by atoms with Crippen molar-refractivity contribution in [3.05, 3.63) is 66.5 Å². The predicted molar refractivity (Wildman–Crippen MR) is 89.6 cm³/mol. The lowest BCUT2D eigenvalue weighted by Gasteiger charge is -2.35. The van der Waals surface area contributed by atoms with Crippen LogP contribution in [0.3, 0.4) is 0 Å². The monoisotopic (exact) mass is 320 g/mol. The van der Waals surface area contributed by atoms with Gasteiger partial charge in [0.05, 0.1) is 29.8 Å². The second-order valence-corrected chi connectivity index (χ2v) is 5.70. The number of carbonyl (C=O) groups excluding carboxylic acids is 1. The van der Waals surface area contributed by atoms with Gasteiger partial charge in [-0.3, -0.25) is 9.69 Å². The van der Waals surface area contributed by atoms with Crippen LogP contribution in [0.15, 0.2) is 60.9 Å². The first-order valence-electron chi connectivity index (χ1n) is 7.76. The van der Waals surface area contributed by atoms with E-state index in [0.29, 0.717) is 12.2 Å². The van der Waals surface area contributed by atoms with Crippen molar-refractivity contribution >= 4 is 11.6 Å². The van der Waals surface area contributed by atoms with Crippen molar-refractivity contribution in [1.82, 2.24) is 15.0 Å². The van der Waals surface area contributed by atoms with E-state index in [0.717, 1.165) is 17.1 Å². The quantitative estimate of drug-likeness (QED) is 0.728. The largest absolute Gasteiger partial charge is 0.489 e. The first kappa shape index (κ1) is 14.4. The van der Waals surface area contributed by atoms with Gasteiger partial charge in [-0.1, -0.05) is 23.4 Å². The predicted octanol–water partition coefficient (Wildman–Crippen LogP) is 2.70. The van der Waals surface area contributed by atoms with E-state index in [9.17, 15) is 4.79 Å². The molecule has 0 N–H and O–H groups in total. The Kier molecular flexibility index (Phi) is 3.49. The van der Waals surface area contributed by atoms with E-state index in [-0.39, 0.29) is 11.9 Å². The highest BCUT2D eigenvalue weighted by molar-refractivity contribution is 6.07. The third-order valence-corrected chi connectivity index (χ3v) is 4.04. The van der Waals surface area contributed by atoms with Crippen molar-refractivity contribution in [2.45, 2.75) is 13.0 Å². The third-order valence-electron chi connectivity index (χ3n) is 4.04. The lowest BCUT2D eigenvalue weighted by Crippen LogP contribution is -2.45. The fraction of sp³-hybridized carbons (Fsp3) is 0.167. The van der Waals surface area contributed by atoms with E-state index in [4.69, 9.17) is 4.74 Å². The minimum Gasteiger partial charge on any atom is -0.489 e. The van der Waals surface area contributed by atoms with E-state index >= 15 is 0 Å². The number of hydrogen-bond donors (Lipinski definition) is 0. The molecule has 1 atom stereocenters. The molecule has 0 radical (unpaired) electrons. The zero-order valence-electron chi connectivity index (χ0n) is 13.2. The van der Waals surface area contributed by atoms with Crippen molar-refractivity contribution in [2.24, 2.45) is 0 Å². The number of anilines is 1. The molecule has 0 bridgehead atoms. The van der Waals surface area contributed by atoms with Gasteiger partial charge in [-0.05, 0) is 37.3 Å². The van der Waals surface area contributed by atoms with Crippen LogP contribution in [0.2, 0.25) is 0 Å². The van der Waals surface area contributed by atoms with Crippen LogP contribution in [-0.2, 0) is 0 Å². The van der Waals surface area contributed by atoms with Gasteiger partial charge in [0.15, 0.2) is 0 Å². The summed E-state index contributed by atoms with van der Waals surface area (Å²) in [6.07, 6.45) is 3.35. The summed E-state index contributed by atoms with van der Waals surface area (Å²) >= 11 is 0. The minimum atomic E-state index is -0.0554. The molecule has 2 aromatic carbocycles. The van der Waals surface area contributed by atoms with E-state index in [1.165, 1.54) is 0 Å². The molecule has 1 aliphatic heterocycles. The standard InChI is InChI=1S/C18H16N4O2/c1-13-12-24-17-8-3-2-7-16(17)22(13)18(23)14-5-4-6-15(11-14)21-10-9-19-20-21/h2-11,13H,12H2,1H3. The summed E-state index contributed by atoms with van der Waals surface area (Å²) < 4.78 is 7.35. The molecule has 6 nitrogen and oxygen atoms in total. The summed E-state index contributed by atoms with van der Waals surface area (Å²) in [4.78, 5) is 14.9. The van der Waals surface area contributed by atoms with Gasteiger partial charge in [0, 0.05) is 5.56 Å². The maximum Gasteiger partial charge on any atom is 0.258 e. The molecule has 0 fully saturated rings. The van der Waals surface area contributed by atoms with Gasteiger partial charge in [-0.25, -0.2) is 4.68 Å². The third kappa shape index (κ3) is 2.42. The molecule has 3 aromatic rings. The van der Waals surface area contributed by atoms with Crippen molar-refractivity contribution in [1.29, 1.82) is 0 Å². The number of para-hydroxylation sites is 2. The summed E-state index contributed by atoms with van der Waals surface area (Å²) in [7, 11) is 0. The topological polar surface area (TPSA) is 60.2 Å². The Morgan fingerprint density at radius 1 is 1.21 bits per heavy atom. The first-order valence-corrected chi connectivity index (χ1v) is 7.76. The molecule has 4 rings (SSSR count). The number of ether oxygens (including phenoxy) is 1. The number of rotatable bonds is 2. The van der Waals surface area contributed by atoms with Gasteiger partial charge in [0.25, 0.3) is 5.91 Å². The molecule has 1 aliphatic rings. The van der Waals surface area contributed by atoms with E-state index in [2.05, 4.69) is 10.3 Å². The maximum absolute atomic E-state index is 13.1. The van der Waals surface area contributed by atoms with Crippen LogP contribution in [0.5, 0.6) is 5.75 Å². The van der Waals surface area contributed by atoms with Gasteiger partial charge >= 0.3 is 0 Å². The molecule has 0 spiro atoms. The number of hydrogen-bond acceptors (Lipinski definition) is 4. The maximum atomic E-state index is 13.1. The molecule has 1 amide bonds. The number of carbonyl (C=O) groups is 1. The van der Waals surface area contributed by atoms with Crippen LogP contribution in [-0.4, -0.2) is 33.5 Å². The second kappa shape index (κ2) is 5.81. The Bertz CT molecular complexity index is 876. The lowest BCUT2D eigenvalue weighted by atomic mass is 10.1. The van der Waals surface area contributed by atoms with Gasteiger partial charge in [-0.2, -0.15) is 0 Å². The number of amides is 1. The van der Waals surface area contributed by atoms with Crippen LogP contribution in [0.4, 0.5) is 5.69 Å². The highest BCUT2D eigenvalue weighted by Gasteiger charge is 2.30. The van der Waals surface area contributed by atoms with Crippen LogP contribution < -0.4 is 9.64 Å². The molecule has 0 saturated heterocycles. The van der Waals surface area contributed by atoms with Gasteiger partial charge in [0.2, 0.25) is 0 Å². The van der Waals surface area contributed by atoms with Crippen LogP contribution in [0.1, 0.15) is 17.3 Å². The molecule has 0 aliphatic carbocycles. The highest BCUT2D eigenvalue weighted by Crippen LogP contribution is 2.34. The molecule has 0 saturated carbocycles.